The third-order valence-corrected chi connectivity index (χ3v) is 3.40. The molecule has 0 heterocycles. The van der Waals surface area contributed by atoms with Crippen molar-refractivity contribution in [2.24, 2.45) is 0 Å². The number of rotatable bonds is 12. The van der Waals surface area contributed by atoms with Crippen LogP contribution in [0.25, 0.3) is 0 Å². The lowest BCUT2D eigenvalue weighted by Crippen LogP contribution is -2.38. The standard InChI is InChI=1S/C14H35N5/c1-15-7-8-17(4)11-12-19(6)14-13-18(5)10-9-16(2)3/h15H,7-14H2,1-6H3. The molecular weight excluding hydrogens is 238 g/mol. The first-order valence-corrected chi connectivity index (χ1v) is 7.30. The van der Waals surface area contributed by atoms with Gasteiger partial charge >= 0.3 is 0 Å². The van der Waals surface area contributed by atoms with E-state index in [4.69, 9.17) is 0 Å². The summed E-state index contributed by atoms with van der Waals surface area (Å²) < 4.78 is 0. The minimum atomic E-state index is 1.06. The van der Waals surface area contributed by atoms with E-state index in [1.165, 1.54) is 0 Å². The number of nitrogens with zero attached hydrogens (tertiary/aromatic N) is 4. The Bertz CT molecular complexity index is 198. The monoisotopic (exact) mass is 273 g/mol. The fourth-order valence-electron chi connectivity index (χ4n) is 1.69. The summed E-state index contributed by atoms with van der Waals surface area (Å²) in [6.45, 7) is 9.02. The second-order valence-corrected chi connectivity index (χ2v) is 5.82. The van der Waals surface area contributed by atoms with E-state index < -0.39 is 0 Å². The molecule has 19 heavy (non-hydrogen) atoms. The smallest absolute Gasteiger partial charge is 0.0107 e. The molecule has 0 aromatic carbocycles. The molecule has 116 valence electrons. The Balaban J connectivity index is 3.54. The molecule has 0 aliphatic rings. The number of hydrogen-bond donors (Lipinski definition) is 1. The van der Waals surface area contributed by atoms with Gasteiger partial charge < -0.3 is 24.9 Å². The van der Waals surface area contributed by atoms with Gasteiger partial charge in [0.25, 0.3) is 0 Å². The quantitative estimate of drug-likeness (QED) is 0.520. The number of hydrogen-bond acceptors (Lipinski definition) is 5. The Hall–Kier alpha value is -0.200. The highest BCUT2D eigenvalue weighted by Gasteiger charge is 2.04. The Labute approximate surface area is 120 Å². The summed E-state index contributed by atoms with van der Waals surface area (Å²) in [5.41, 5.74) is 0. The highest BCUT2D eigenvalue weighted by molar-refractivity contribution is 4.61. The van der Waals surface area contributed by atoms with Crippen molar-refractivity contribution in [3.63, 3.8) is 0 Å². The van der Waals surface area contributed by atoms with Crippen LogP contribution in [0.1, 0.15) is 0 Å². The van der Waals surface area contributed by atoms with E-state index in [9.17, 15) is 0 Å². The summed E-state index contributed by atoms with van der Waals surface area (Å²) in [6.07, 6.45) is 0. The molecule has 0 atom stereocenters. The van der Waals surface area contributed by atoms with Gasteiger partial charge in [-0.05, 0) is 42.3 Å². The second-order valence-electron chi connectivity index (χ2n) is 5.82. The molecule has 0 unspecified atom stereocenters. The zero-order valence-electron chi connectivity index (χ0n) is 13.9. The van der Waals surface area contributed by atoms with E-state index in [0.717, 1.165) is 52.4 Å². The first-order valence-electron chi connectivity index (χ1n) is 7.30. The van der Waals surface area contributed by atoms with Gasteiger partial charge in [-0.25, -0.2) is 0 Å². The molecule has 5 nitrogen and oxygen atoms in total. The van der Waals surface area contributed by atoms with Gasteiger partial charge in [0.2, 0.25) is 0 Å². The van der Waals surface area contributed by atoms with E-state index in [2.05, 4.69) is 60.2 Å². The largest absolute Gasteiger partial charge is 0.318 e. The Kier molecular flexibility index (Phi) is 11.5. The highest BCUT2D eigenvalue weighted by Crippen LogP contribution is 1.89. The average Bonchev–Trinajstić information content (AvgIpc) is 2.37. The molecule has 0 saturated carbocycles. The lowest BCUT2D eigenvalue weighted by molar-refractivity contribution is 0.217. The van der Waals surface area contributed by atoms with Gasteiger partial charge in [0.15, 0.2) is 0 Å². The SMILES string of the molecule is CNCCN(C)CCN(C)CCN(C)CCN(C)C. The molecule has 0 aromatic heterocycles. The lowest BCUT2D eigenvalue weighted by atomic mass is 10.4. The summed E-state index contributed by atoms with van der Waals surface area (Å²) in [5.74, 6) is 0. The Morgan fingerprint density at radius 2 is 0.947 bits per heavy atom. The highest BCUT2D eigenvalue weighted by atomic mass is 15.2. The van der Waals surface area contributed by atoms with Crippen LogP contribution in [0.2, 0.25) is 0 Å². The molecule has 0 fully saturated rings. The van der Waals surface area contributed by atoms with Crippen molar-refractivity contribution in [3.05, 3.63) is 0 Å². The minimum absolute atomic E-state index is 1.06. The predicted molar refractivity (Wildman–Crippen MR) is 85.0 cm³/mol. The zero-order chi connectivity index (χ0) is 14.7. The third kappa shape index (κ3) is 12.6. The molecule has 0 aromatic rings. The normalized spacial score (nSPS) is 12.3. The zero-order valence-corrected chi connectivity index (χ0v) is 13.9. The van der Waals surface area contributed by atoms with E-state index in [1.807, 2.05) is 7.05 Å². The molecule has 0 aliphatic heterocycles. The molecule has 0 aliphatic carbocycles. The van der Waals surface area contributed by atoms with Crippen molar-refractivity contribution in [1.82, 2.24) is 24.9 Å². The van der Waals surface area contributed by atoms with Gasteiger partial charge in [-0.2, -0.15) is 0 Å². The van der Waals surface area contributed by atoms with Crippen LogP contribution < -0.4 is 5.32 Å². The van der Waals surface area contributed by atoms with Crippen LogP contribution in [0, 0.1) is 0 Å². The van der Waals surface area contributed by atoms with E-state index >= 15 is 0 Å². The first kappa shape index (κ1) is 18.8. The van der Waals surface area contributed by atoms with Crippen LogP contribution in [0.5, 0.6) is 0 Å². The average molecular weight is 273 g/mol. The maximum atomic E-state index is 3.18. The van der Waals surface area contributed by atoms with Gasteiger partial charge in [-0.3, -0.25) is 0 Å². The molecule has 0 radical (unpaired) electrons. The van der Waals surface area contributed by atoms with Gasteiger partial charge in [0.1, 0.15) is 0 Å². The van der Waals surface area contributed by atoms with Crippen LogP contribution in [-0.4, -0.2) is 114 Å². The van der Waals surface area contributed by atoms with Crippen LogP contribution in [0.4, 0.5) is 0 Å². The van der Waals surface area contributed by atoms with Gasteiger partial charge in [0, 0.05) is 52.4 Å². The van der Waals surface area contributed by atoms with Crippen molar-refractivity contribution in [2.45, 2.75) is 0 Å². The summed E-state index contributed by atoms with van der Waals surface area (Å²) >= 11 is 0. The molecule has 0 bridgehead atoms. The topological polar surface area (TPSA) is 25.0 Å². The number of likely N-dealkylation sites (N-methyl/N-ethyl adjacent to an activating group) is 5. The molecule has 1 N–H and O–H groups in total. The molecule has 0 amide bonds. The maximum Gasteiger partial charge on any atom is 0.0107 e. The van der Waals surface area contributed by atoms with E-state index in [1.54, 1.807) is 0 Å². The Morgan fingerprint density at radius 3 is 1.32 bits per heavy atom. The summed E-state index contributed by atoms with van der Waals surface area (Å²) in [4.78, 5) is 9.43. The van der Waals surface area contributed by atoms with Gasteiger partial charge in [-0.1, -0.05) is 0 Å². The molecule has 0 spiro atoms. The van der Waals surface area contributed by atoms with Crippen molar-refractivity contribution in [1.29, 1.82) is 0 Å². The molecule has 0 saturated heterocycles. The van der Waals surface area contributed by atoms with Crippen molar-refractivity contribution in [2.75, 3.05) is 94.6 Å². The van der Waals surface area contributed by atoms with E-state index in [-0.39, 0.29) is 0 Å². The first-order chi connectivity index (χ1) is 8.95. The lowest BCUT2D eigenvalue weighted by Gasteiger charge is -2.25. The maximum absolute atomic E-state index is 3.18. The fourth-order valence-corrected chi connectivity index (χ4v) is 1.69. The van der Waals surface area contributed by atoms with Crippen molar-refractivity contribution < 1.29 is 0 Å². The Morgan fingerprint density at radius 1 is 0.579 bits per heavy atom. The second kappa shape index (κ2) is 11.6. The van der Waals surface area contributed by atoms with Gasteiger partial charge in [-0.15, -0.1) is 0 Å². The predicted octanol–water partition coefficient (Wildman–Crippen LogP) is -0.437. The summed E-state index contributed by atoms with van der Waals surface area (Å²) in [5, 5.41) is 3.18. The van der Waals surface area contributed by atoms with Crippen molar-refractivity contribution >= 4 is 0 Å². The summed E-state index contributed by atoms with van der Waals surface area (Å²) in [7, 11) is 12.9. The molecule has 5 heteroatoms. The number of nitrogens with one attached hydrogen (secondary N) is 1. The molecular formula is C14H35N5. The van der Waals surface area contributed by atoms with Gasteiger partial charge in [0.05, 0.1) is 0 Å². The van der Waals surface area contributed by atoms with Crippen LogP contribution in [0.3, 0.4) is 0 Å². The van der Waals surface area contributed by atoms with Crippen molar-refractivity contribution in [3.8, 4) is 0 Å². The van der Waals surface area contributed by atoms with Crippen LogP contribution in [-0.2, 0) is 0 Å². The fraction of sp³-hybridized carbons (Fsp3) is 1.00. The summed E-state index contributed by atoms with van der Waals surface area (Å²) in [6, 6.07) is 0. The minimum Gasteiger partial charge on any atom is -0.318 e. The van der Waals surface area contributed by atoms with Crippen LogP contribution in [0.15, 0.2) is 0 Å². The van der Waals surface area contributed by atoms with E-state index in [0.29, 0.717) is 0 Å². The third-order valence-electron chi connectivity index (χ3n) is 3.40. The molecule has 0 rings (SSSR count). The van der Waals surface area contributed by atoms with Crippen LogP contribution >= 0.6 is 0 Å².